The van der Waals surface area contributed by atoms with Gasteiger partial charge >= 0.3 is 0 Å². The van der Waals surface area contributed by atoms with E-state index in [9.17, 15) is 0 Å². The van der Waals surface area contributed by atoms with Crippen molar-refractivity contribution in [3.8, 4) is 28.4 Å². The van der Waals surface area contributed by atoms with Crippen molar-refractivity contribution < 1.29 is 4.74 Å². The van der Waals surface area contributed by atoms with E-state index in [1.807, 2.05) is 52.4 Å². The molecule has 0 aliphatic carbocycles. The van der Waals surface area contributed by atoms with Crippen LogP contribution in [-0.4, -0.2) is 21.7 Å². The second-order valence-corrected chi connectivity index (χ2v) is 7.23. The average Bonchev–Trinajstić information content (AvgIpc) is 3.17. The SMILES string of the molecule is COc1ccc(Br)c(-c2nc3scc(-c4ccc(Cl)cc4)n3n2)c1. The van der Waals surface area contributed by atoms with Gasteiger partial charge in [0, 0.05) is 26.0 Å². The number of benzene rings is 2. The lowest BCUT2D eigenvalue weighted by Gasteiger charge is -2.04. The van der Waals surface area contributed by atoms with E-state index in [4.69, 9.17) is 16.3 Å². The van der Waals surface area contributed by atoms with Gasteiger partial charge in [0.1, 0.15) is 5.75 Å². The lowest BCUT2D eigenvalue weighted by Crippen LogP contribution is -1.90. The standard InChI is InChI=1S/C17H11BrClN3OS/c1-23-12-6-7-14(18)13(8-12)16-20-17-22(21-16)15(9-24-17)10-2-4-11(19)5-3-10/h2-9H,1H3. The van der Waals surface area contributed by atoms with Gasteiger partial charge in [-0.15, -0.1) is 16.4 Å². The summed E-state index contributed by atoms with van der Waals surface area (Å²) in [4.78, 5) is 5.48. The van der Waals surface area contributed by atoms with Crippen molar-refractivity contribution in [1.82, 2.24) is 14.6 Å². The molecule has 0 aliphatic rings. The predicted molar refractivity (Wildman–Crippen MR) is 101 cm³/mol. The van der Waals surface area contributed by atoms with Gasteiger partial charge in [-0.1, -0.05) is 39.7 Å². The fraction of sp³-hybridized carbons (Fsp3) is 0.0588. The zero-order valence-corrected chi connectivity index (χ0v) is 15.7. The highest BCUT2D eigenvalue weighted by atomic mass is 79.9. The fourth-order valence-corrected chi connectivity index (χ4v) is 3.80. The van der Waals surface area contributed by atoms with Crippen LogP contribution in [0.1, 0.15) is 0 Å². The number of aromatic nitrogens is 3. The number of fused-ring (bicyclic) bond motifs is 1. The molecule has 0 unspecified atom stereocenters. The second kappa shape index (κ2) is 6.20. The number of methoxy groups -OCH3 is 1. The monoisotopic (exact) mass is 419 g/mol. The van der Waals surface area contributed by atoms with Gasteiger partial charge in [0.05, 0.1) is 12.8 Å². The molecule has 0 N–H and O–H groups in total. The highest BCUT2D eigenvalue weighted by molar-refractivity contribution is 9.10. The molecule has 2 aromatic heterocycles. The van der Waals surface area contributed by atoms with Crippen molar-refractivity contribution in [2.45, 2.75) is 0 Å². The van der Waals surface area contributed by atoms with E-state index in [1.165, 1.54) is 0 Å². The Morgan fingerprint density at radius 1 is 1.17 bits per heavy atom. The van der Waals surface area contributed by atoms with E-state index in [0.717, 1.165) is 32.0 Å². The molecule has 0 bridgehead atoms. The van der Waals surface area contributed by atoms with Crippen LogP contribution in [-0.2, 0) is 0 Å². The van der Waals surface area contributed by atoms with Crippen LogP contribution < -0.4 is 4.74 Å². The van der Waals surface area contributed by atoms with Gasteiger partial charge in [-0.25, -0.2) is 4.52 Å². The Balaban J connectivity index is 1.84. The van der Waals surface area contributed by atoms with Gasteiger partial charge in [0.2, 0.25) is 4.96 Å². The number of rotatable bonds is 3. The van der Waals surface area contributed by atoms with E-state index in [2.05, 4.69) is 26.0 Å². The average molecular weight is 421 g/mol. The minimum atomic E-state index is 0.655. The predicted octanol–water partition coefficient (Wildman–Crippen LogP) is 5.55. The summed E-state index contributed by atoms with van der Waals surface area (Å²) in [6.45, 7) is 0. The molecule has 4 nitrogen and oxygen atoms in total. The molecule has 24 heavy (non-hydrogen) atoms. The maximum atomic E-state index is 5.97. The van der Waals surface area contributed by atoms with Gasteiger partial charge in [0.25, 0.3) is 0 Å². The topological polar surface area (TPSA) is 39.4 Å². The van der Waals surface area contributed by atoms with Gasteiger partial charge in [-0.3, -0.25) is 0 Å². The summed E-state index contributed by atoms with van der Waals surface area (Å²) in [7, 11) is 1.64. The first kappa shape index (κ1) is 15.6. The molecule has 2 aromatic carbocycles. The second-order valence-electron chi connectivity index (χ2n) is 5.10. The van der Waals surface area contributed by atoms with Gasteiger partial charge in [0.15, 0.2) is 5.82 Å². The molecule has 4 rings (SSSR count). The van der Waals surface area contributed by atoms with Crippen molar-refractivity contribution in [1.29, 1.82) is 0 Å². The molecule has 0 atom stereocenters. The van der Waals surface area contributed by atoms with Crippen molar-refractivity contribution in [2.75, 3.05) is 7.11 Å². The Morgan fingerprint density at radius 2 is 1.96 bits per heavy atom. The number of halogens is 2. The highest BCUT2D eigenvalue weighted by Gasteiger charge is 2.15. The maximum absolute atomic E-state index is 5.97. The summed E-state index contributed by atoms with van der Waals surface area (Å²) >= 11 is 11.1. The molecule has 2 heterocycles. The Kier molecular flexibility index (Phi) is 4.04. The van der Waals surface area contributed by atoms with E-state index in [1.54, 1.807) is 18.4 Å². The summed E-state index contributed by atoms with van der Waals surface area (Å²) in [5, 5.41) is 7.43. The van der Waals surface area contributed by atoms with Crippen LogP contribution in [0.2, 0.25) is 5.02 Å². The summed E-state index contributed by atoms with van der Waals surface area (Å²) in [5.41, 5.74) is 2.93. The Morgan fingerprint density at radius 3 is 2.71 bits per heavy atom. The Bertz CT molecular complexity index is 1030. The van der Waals surface area contributed by atoms with Crippen molar-refractivity contribution in [2.24, 2.45) is 0 Å². The number of thiazole rings is 1. The van der Waals surface area contributed by atoms with Gasteiger partial charge < -0.3 is 4.74 Å². The van der Waals surface area contributed by atoms with Crippen LogP contribution in [0.4, 0.5) is 0 Å². The summed E-state index contributed by atoms with van der Waals surface area (Å²) in [6, 6.07) is 13.5. The van der Waals surface area contributed by atoms with E-state index in [-0.39, 0.29) is 0 Å². The molecule has 120 valence electrons. The van der Waals surface area contributed by atoms with Crippen LogP contribution in [0.15, 0.2) is 52.3 Å². The molecule has 4 aromatic rings. The molecule has 0 amide bonds. The van der Waals surface area contributed by atoms with Gasteiger partial charge in [-0.05, 0) is 30.3 Å². The maximum Gasteiger partial charge on any atom is 0.213 e. The number of ether oxygens (including phenoxy) is 1. The Hall–Kier alpha value is -1.89. The first-order chi connectivity index (χ1) is 11.7. The molecule has 0 aliphatic heterocycles. The normalized spacial score (nSPS) is 11.1. The smallest absolute Gasteiger partial charge is 0.213 e. The van der Waals surface area contributed by atoms with Crippen molar-refractivity contribution in [3.05, 3.63) is 57.3 Å². The lowest BCUT2D eigenvalue weighted by atomic mass is 10.2. The van der Waals surface area contributed by atoms with E-state index in [0.29, 0.717) is 10.8 Å². The number of hydrogen-bond acceptors (Lipinski definition) is 4. The largest absolute Gasteiger partial charge is 0.497 e. The first-order valence-corrected chi connectivity index (χ1v) is 9.15. The first-order valence-electron chi connectivity index (χ1n) is 7.10. The van der Waals surface area contributed by atoms with Crippen molar-refractivity contribution >= 4 is 43.8 Å². The third-order valence-electron chi connectivity index (χ3n) is 3.64. The minimum Gasteiger partial charge on any atom is -0.497 e. The molecule has 7 heteroatoms. The fourth-order valence-electron chi connectivity index (χ4n) is 2.42. The van der Waals surface area contributed by atoms with E-state index >= 15 is 0 Å². The molecule has 0 saturated heterocycles. The lowest BCUT2D eigenvalue weighted by molar-refractivity contribution is 0.415. The quantitative estimate of drug-likeness (QED) is 0.436. The summed E-state index contributed by atoms with van der Waals surface area (Å²) in [6.07, 6.45) is 0. The third-order valence-corrected chi connectivity index (χ3v) is 5.40. The number of hydrogen-bond donors (Lipinski definition) is 0. The van der Waals surface area contributed by atoms with Crippen LogP contribution in [0.5, 0.6) is 5.75 Å². The highest BCUT2D eigenvalue weighted by Crippen LogP contribution is 2.32. The molecule has 0 fully saturated rings. The summed E-state index contributed by atoms with van der Waals surface area (Å²) < 4.78 is 8.08. The van der Waals surface area contributed by atoms with Gasteiger partial charge in [-0.2, -0.15) is 4.98 Å². The zero-order chi connectivity index (χ0) is 16.7. The molecule has 0 radical (unpaired) electrons. The van der Waals surface area contributed by atoms with E-state index < -0.39 is 0 Å². The van der Waals surface area contributed by atoms with Crippen molar-refractivity contribution in [3.63, 3.8) is 0 Å². The number of nitrogens with zero attached hydrogens (tertiary/aromatic N) is 3. The zero-order valence-electron chi connectivity index (χ0n) is 12.5. The van der Waals surface area contributed by atoms with Crippen LogP contribution in [0.25, 0.3) is 27.6 Å². The molecule has 0 saturated carbocycles. The van der Waals surface area contributed by atoms with Crippen LogP contribution >= 0.6 is 38.9 Å². The van der Waals surface area contributed by atoms with Crippen LogP contribution in [0.3, 0.4) is 0 Å². The van der Waals surface area contributed by atoms with Crippen LogP contribution in [0, 0.1) is 0 Å². The molecule has 0 spiro atoms. The Labute approximate surface area is 155 Å². The summed E-state index contributed by atoms with van der Waals surface area (Å²) in [5.74, 6) is 1.42. The minimum absolute atomic E-state index is 0.655. The third kappa shape index (κ3) is 2.70. The molecular formula is C17H11BrClN3OS. The molecular weight excluding hydrogens is 410 g/mol.